The monoisotopic (exact) mass is 950 g/mol. The molecule has 5 aromatic carbocycles. The van der Waals surface area contributed by atoms with Crippen molar-refractivity contribution < 1.29 is 31.4 Å². The summed E-state index contributed by atoms with van der Waals surface area (Å²) in [5.74, 6) is 7.00. The fourth-order valence-corrected chi connectivity index (χ4v) is 8.52. The Morgan fingerprint density at radius 3 is 2.11 bits per heavy atom. The van der Waals surface area contributed by atoms with Crippen LogP contribution in [-0.4, -0.2) is 23.2 Å². The molecule has 0 aliphatic carbocycles. The van der Waals surface area contributed by atoms with Gasteiger partial charge in [0.1, 0.15) is 5.58 Å². The molecule has 0 fully saturated rings. The van der Waals surface area contributed by atoms with Gasteiger partial charge in [0.05, 0.1) is 5.58 Å². The normalized spacial score (nSPS) is 13.4. The van der Waals surface area contributed by atoms with Crippen molar-refractivity contribution in [3.63, 3.8) is 0 Å². The summed E-state index contributed by atoms with van der Waals surface area (Å²) in [7, 11) is 0. The number of aromatic nitrogens is 2. The van der Waals surface area contributed by atoms with Gasteiger partial charge in [0.2, 0.25) is 0 Å². The minimum absolute atomic E-state index is 0. The fraction of sp³-hybridized carbons (Fsp3) is 0.184. The van der Waals surface area contributed by atoms with E-state index in [2.05, 4.69) is 63.6 Å². The van der Waals surface area contributed by atoms with E-state index in [0.717, 1.165) is 49.9 Å². The predicted octanol–water partition coefficient (Wildman–Crippen LogP) is 12.8. The third-order valence-corrected chi connectivity index (χ3v) is 13.3. The maximum absolute atomic E-state index is 8.60. The van der Waals surface area contributed by atoms with E-state index in [9.17, 15) is 0 Å². The Labute approximate surface area is 343 Å². The second-order valence-electron chi connectivity index (χ2n) is 15.3. The van der Waals surface area contributed by atoms with E-state index in [-0.39, 0.29) is 20.1 Å². The van der Waals surface area contributed by atoms with Gasteiger partial charge in [-0.3, -0.25) is 0 Å². The van der Waals surface area contributed by atoms with Crippen molar-refractivity contribution in [1.29, 1.82) is 0 Å². The third kappa shape index (κ3) is 9.01. The predicted molar refractivity (Wildman–Crippen MR) is 226 cm³/mol. The topological polar surface area (TPSA) is 38.9 Å². The van der Waals surface area contributed by atoms with Crippen LogP contribution in [0.5, 0.6) is 0 Å². The summed E-state index contributed by atoms with van der Waals surface area (Å²) in [5.41, 5.74) is 8.83. The Bertz CT molecular complexity index is 2700. The Morgan fingerprint density at radius 2 is 1.46 bits per heavy atom. The molecule has 1 radical (unpaired) electrons. The van der Waals surface area contributed by atoms with Gasteiger partial charge in [-0.05, 0) is 46.1 Å². The zero-order chi connectivity index (χ0) is 41.5. The van der Waals surface area contributed by atoms with E-state index < -0.39 is 31.9 Å². The minimum Gasteiger partial charge on any atom is -0.477 e. The van der Waals surface area contributed by atoms with Gasteiger partial charge in [0, 0.05) is 29.0 Å². The van der Waals surface area contributed by atoms with Crippen LogP contribution in [0, 0.1) is 24.4 Å². The molecule has 0 spiro atoms. The molecule has 3 nitrogen and oxygen atoms in total. The summed E-state index contributed by atoms with van der Waals surface area (Å²) >= 11 is -1.91. The maximum Gasteiger partial charge on any atom is 0.124 e. The van der Waals surface area contributed by atoms with E-state index in [1.165, 1.54) is 4.40 Å². The zero-order valence-electron chi connectivity index (χ0n) is 36.4. The summed E-state index contributed by atoms with van der Waals surface area (Å²) in [6.07, 6.45) is 2.14. The molecule has 0 saturated carbocycles. The Balaban J connectivity index is 0.000000199. The average molecular weight is 949 g/mol. The first-order chi connectivity index (χ1) is 27.4. The smallest absolute Gasteiger partial charge is 0.124 e. The van der Waals surface area contributed by atoms with Crippen molar-refractivity contribution in [2.45, 2.75) is 51.3 Å². The van der Waals surface area contributed by atoms with E-state index >= 15 is 0 Å². The van der Waals surface area contributed by atoms with E-state index in [1.807, 2.05) is 118 Å². The summed E-state index contributed by atoms with van der Waals surface area (Å²) in [6.45, 7) is 3.54. The molecular weight excluding hydrogens is 897 g/mol. The van der Waals surface area contributed by atoms with Crippen LogP contribution >= 0.6 is 0 Å². The number of benzene rings is 5. The zero-order valence-corrected chi connectivity index (χ0v) is 35.9. The molecule has 3 aromatic heterocycles. The van der Waals surface area contributed by atoms with Gasteiger partial charge in [-0.15, -0.1) is 17.7 Å². The van der Waals surface area contributed by atoms with Crippen LogP contribution in [0.1, 0.15) is 38.8 Å². The number of fused-ring (bicyclic) bond motifs is 3. The van der Waals surface area contributed by atoms with Crippen molar-refractivity contribution in [2.75, 3.05) is 0 Å². The van der Waals surface area contributed by atoms with Crippen LogP contribution in [0.4, 0.5) is 0 Å². The van der Waals surface area contributed by atoms with Crippen LogP contribution in [-0.2, 0) is 26.5 Å². The quantitative estimate of drug-likeness (QED) is 0.123. The molecular formula is C49H46GeIrN2O-2. The van der Waals surface area contributed by atoms with Gasteiger partial charge in [-0.1, -0.05) is 86.3 Å². The first-order valence-electron chi connectivity index (χ1n) is 20.4. The molecule has 0 saturated heterocycles. The first kappa shape index (κ1) is 32.8. The molecule has 273 valence electrons. The van der Waals surface area contributed by atoms with Crippen LogP contribution in [0.15, 0.2) is 144 Å². The molecule has 8 rings (SSSR count). The largest absolute Gasteiger partial charge is 0.477 e. The summed E-state index contributed by atoms with van der Waals surface area (Å²) in [5, 5.41) is 2.08. The molecule has 0 aliphatic heterocycles. The number of pyridine rings is 2. The molecule has 0 N–H and O–H groups in total. The maximum atomic E-state index is 8.60. The molecule has 0 atom stereocenters. The standard InChI is InChI=1S/C28H24NO.C21H22GeN.Ir/c1-28(2,3)18-19-14-15-29-24(16-19)21-12-13-23-26(17-21)30-25-11-7-10-22(27(23)25)20-8-5-4-6-9-20;1-16-10-11-18(14-20(16)17-8-6-5-7-9-17)21-13-12-19(15-23-21)22(2,3)4;/h4-16H,18H2,1-3H3;5-10,12-15H,1-4H3;/q2*-1;/i18D2;1D3;. The Kier molecular flexibility index (Phi) is 9.96. The molecule has 0 aliphatic rings. The average Bonchev–Trinajstić information content (AvgIpc) is 3.59. The van der Waals surface area contributed by atoms with Gasteiger partial charge in [0.25, 0.3) is 0 Å². The van der Waals surface area contributed by atoms with Crippen molar-refractivity contribution in [1.82, 2.24) is 9.97 Å². The van der Waals surface area contributed by atoms with Crippen LogP contribution in [0.25, 0.3) is 66.7 Å². The van der Waals surface area contributed by atoms with Crippen LogP contribution in [0.2, 0.25) is 17.3 Å². The van der Waals surface area contributed by atoms with Gasteiger partial charge < -0.3 is 9.40 Å². The first-order valence-corrected chi connectivity index (χ1v) is 25.2. The number of hydrogen-bond donors (Lipinski definition) is 0. The molecule has 5 heteroatoms. The van der Waals surface area contributed by atoms with Gasteiger partial charge >= 0.3 is 146 Å². The van der Waals surface area contributed by atoms with Crippen molar-refractivity contribution >= 4 is 39.6 Å². The van der Waals surface area contributed by atoms with Crippen LogP contribution < -0.4 is 4.40 Å². The van der Waals surface area contributed by atoms with E-state index in [4.69, 9.17) is 11.3 Å². The van der Waals surface area contributed by atoms with Crippen molar-refractivity contribution in [3.05, 3.63) is 163 Å². The molecule has 8 aromatic rings. The molecule has 0 unspecified atom stereocenters. The number of aryl methyl sites for hydroxylation is 1. The number of hydrogen-bond acceptors (Lipinski definition) is 3. The summed E-state index contributed by atoms with van der Waals surface area (Å²) in [4.78, 5) is 9.11. The second kappa shape index (κ2) is 16.4. The SMILES string of the molecule is [2H]C([2H])([2H])c1c[c-]c(-c2cc[c]([Ge]([CH3])([CH3])[CH3])cn2)cc1-c1ccccc1.[2H]C([2H])(c1ccnc(-c2[c-]c3oc4cccc(-c5ccccc5)c4c3cc2)c1)C(C)(C)C.[Ir]. The Morgan fingerprint density at radius 1 is 0.741 bits per heavy atom. The number of nitrogens with zero attached hydrogens (tertiary/aromatic N) is 2. The van der Waals surface area contributed by atoms with Crippen molar-refractivity contribution in [3.8, 4) is 44.8 Å². The van der Waals surface area contributed by atoms with Gasteiger partial charge in [-0.25, -0.2) is 0 Å². The number of furan rings is 1. The van der Waals surface area contributed by atoms with Crippen LogP contribution in [0.3, 0.4) is 0 Å². The van der Waals surface area contributed by atoms with Gasteiger partial charge in [0.15, 0.2) is 0 Å². The van der Waals surface area contributed by atoms with E-state index in [0.29, 0.717) is 28.0 Å². The third-order valence-electron chi connectivity index (χ3n) is 9.00. The number of rotatable bonds is 6. The molecule has 54 heavy (non-hydrogen) atoms. The summed E-state index contributed by atoms with van der Waals surface area (Å²) in [6, 6.07) is 47.7. The Hall–Kier alpha value is -4.61. The minimum atomic E-state index is -2.18. The van der Waals surface area contributed by atoms with Crippen molar-refractivity contribution in [2.24, 2.45) is 5.41 Å². The second-order valence-corrected chi connectivity index (χ2v) is 25.9. The molecule has 0 bridgehead atoms. The van der Waals surface area contributed by atoms with E-state index in [1.54, 1.807) is 18.3 Å². The van der Waals surface area contributed by atoms with Gasteiger partial charge in [-0.2, -0.15) is 0 Å². The molecule has 0 amide bonds. The fourth-order valence-electron chi connectivity index (χ4n) is 6.34. The summed E-state index contributed by atoms with van der Waals surface area (Å²) < 4.78 is 48.2. The molecule has 3 heterocycles.